The molecule has 1 aliphatic rings. The largest absolute Gasteiger partial charge is 0.493 e. The molecule has 1 amide bonds. The van der Waals surface area contributed by atoms with Gasteiger partial charge in [-0.1, -0.05) is 19.4 Å². The summed E-state index contributed by atoms with van der Waals surface area (Å²) in [7, 11) is 1.68. The van der Waals surface area contributed by atoms with Crippen LogP contribution >= 0.6 is 12.4 Å². The monoisotopic (exact) mass is 399 g/mol. The molecule has 154 valence electrons. The Morgan fingerprint density at radius 3 is 2.85 bits per heavy atom. The number of methoxy groups -OCH3 is 1. The van der Waals surface area contributed by atoms with Crippen molar-refractivity contribution in [3.05, 3.63) is 23.8 Å². The van der Waals surface area contributed by atoms with E-state index in [-0.39, 0.29) is 18.3 Å². The van der Waals surface area contributed by atoms with E-state index in [1.807, 2.05) is 6.07 Å². The van der Waals surface area contributed by atoms with Gasteiger partial charge in [0.05, 0.1) is 13.7 Å². The average molecular weight is 400 g/mol. The fraction of sp³-hybridized carbons (Fsp3) is 0.650. The van der Waals surface area contributed by atoms with Crippen LogP contribution < -0.4 is 20.5 Å². The number of nitrogens with two attached hydrogens (primary N) is 1. The highest BCUT2D eigenvalue weighted by atomic mass is 35.5. The molecule has 0 aliphatic carbocycles. The minimum atomic E-state index is 0. The number of likely N-dealkylation sites (tertiary alicyclic amines) is 1. The first-order chi connectivity index (χ1) is 12.7. The van der Waals surface area contributed by atoms with Gasteiger partial charge in [-0.05, 0) is 43.5 Å². The van der Waals surface area contributed by atoms with Crippen LogP contribution in [0.2, 0.25) is 0 Å². The Morgan fingerprint density at radius 2 is 2.15 bits per heavy atom. The van der Waals surface area contributed by atoms with E-state index in [0.29, 0.717) is 32.2 Å². The van der Waals surface area contributed by atoms with Gasteiger partial charge in [0.1, 0.15) is 0 Å². The van der Waals surface area contributed by atoms with Crippen molar-refractivity contribution in [2.24, 2.45) is 5.73 Å². The van der Waals surface area contributed by atoms with Crippen molar-refractivity contribution in [2.45, 2.75) is 51.6 Å². The van der Waals surface area contributed by atoms with Crippen molar-refractivity contribution < 1.29 is 14.3 Å². The number of nitrogens with one attached hydrogen (secondary N) is 1. The molecule has 1 fully saturated rings. The van der Waals surface area contributed by atoms with E-state index >= 15 is 0 Å². The van der Waals surface area contributed by atoms with Crippen LogP contribution in [0.25, 0.3) is 0 Å². The Balaban J connectivity index is 0.00000364. The van der Waals surface area contributed by atoms with Crippen molar-refractivity contribution in [1.29, 1.82) is 0 Å². The Bertz CT molecular complexity index is 571. The normalized spacial score (nSPS) is 17.1. The molecule has 1 aromatic rings. The highest BCUT2D eigenvalue weighted by Crippen LogP contribution is 2.29. The molecule has 1 aromatic carbocycles. The molecular weight excluding hydrogens is 366 g/mol. The first kappa shape index (κ1) is 23.5. The fourth-order valence-electron chi connectivity index (χ4n) is 3.33. The number of carbonyl (C=O) groups excluding carboxylic acids is 1. The SMILES string of the molecule is CCCOc1ccc(CN2CCCCC2CNC(=O)CCN)cc1OC.Cl. The third-order valence-electron chi connectivity index (χ3n) is 4.73. The first-order valence-corrected chi connectivity index (χ1v) is 9.68. The highest BCUT2D eigenvalue weighted by Gasteiger charge is 2.23. The van der Waals surface area contributed by atoms with Gasteiger partial charge < -0.3 is 20.5 Å². The number of halogens is 1. The van der Waals surface area contributed by atoms with Gasteiger partial charge in [0.2, 0.25) is 5.91 Å². The van der Waals surface area contributed by atoms with Crippen LogP contribution in [-0.2, 0) is 11.3 Å². The lowest BCUT2D eigenvalue weighted by Gasteiger charge is -2.36. The lowest BCUT2D eigenvalue weighted by Crippen LogP contribution is -2.46. The summed E-state index contributed by atoms with van der Waals surface area (Å²) < 4.78 is 11.2. The maximum atomic E-state index is 11.7. The van der Waals surface area contributed by atoms with Crippen LogP contribution in [-0.4, -0.2) is 50.2 Å². The van der Waals surface area contributed by atoms with E-state index < -0.39 is 0 Å². The van der Waals surface area contributed by atoms with E-state index in [1.54, 1.807) is 7.11 Å². The van der Waals surface area contributed by atoms with Gasteiger partial charge in [-0.2, -0.15) is 0 Å². The molecule has 3 N–H and O–H groups in total. The maximum Gasteiger partial charge on any atom is 0.221 e. The highest BCUT2D eigenvalue weighted by molar-refractivity contribution is 5.85. The van der Waals surface area contributed by atoms with Gasteiger partial charge in [-0.25, -0.2) is 0 Å². The van der Waals surface area contributed by atoms with Crippen molar-refractivity contribution >= 4 is 18.3 Å². The molecular formula is C20H34ClN3O3. The number of carbonyl (C=O) groups is 1. The zero-order chi connectivity index (χ0) is 18.8. The molecule has 1 heterocycles. The van der Waals surface area contributed by atoms with Gasteiger partial charge in [-0.15, -0.1) is 12.4 Å². The van der Waals surface area contributed by atoms with E-state index in [9.17, 15) is 4.79 Å². The molecule has 2 rings (SSSR count). The van der Waals surface area contributed by atoms with Crippen molar-refractivity contribution in [1.82, 2.24) is 10.2 Å². The lowest BCUT2D eigenvalue weighted by atomic mass is 10.0. The number of benzene rings is 1. The molecule has 6 nitrogen and oxygen atoms in total. The van der Waals surface area contributed by atoms with E-state index in [0.717, 1.165) is 37.4 Å². The van der Waals surface area contributed by atoms with Crippen LogP contribution in [0.4, 0.5) is 0 Å². The zero-order valence-electron chi connectivity index (χ0n) is 16.5. The number of ether oxygens (including phenoxy) is 2. The number of hydrogen-bond acceptors (Lipinski definition) is 5. The minimum absolute atomic E-state index is 0. The number of piperidine rings is 1. The van der Waals surface area contributed by atoms with Crippen molar-refractivity contribution in [2.75, 3.05) is 33.4 Å². The molecule has 0 aromatic heterocycles. The second kappa shape index (κ2) is 12.8. The number of nitrogens with zero attached hydrogens (tertiary/aromatic N) is 1. The number of rotatable bonds is 10. The predicted molar refractivity (Wildman–Crippen MR) is 111 cm³/mol. The van der Waals surface area contributed by atoms with Crippen LogP contribution in [0.3, 0.4) is 0 Å². The topological polar surface area (TPSA) is 76.8 Å². The lowest BCUT2D eigenvalue weighted by molar-refractivity contribution is -0.121. The van der Waals surface area contributed by atoms with Crippen LogP contribution in [0, 0.1) is 0 Å². The van der Waals surface area contributed by atoms with Crippen molar-refractivity contribution in [3.8, 4) is 11.5 Å². The Labute approximate surface area is 169 Å². The predicted octanol–water partition coefficient (Wildman–Crippen LogP) is 2.73. The van der Waals surface area contributed by atoms with Gasteiger partial charge >= 0.3 is 0 Å². The smallest absolute Gasteiger partial charge is 0.221 e. The van der Waals surface area contributed by atoms with Gasteiger partial charge in [-0.3, -0.25) is 9.69 Å². The summed E-state index contributed by atoms with van der Waals surface area (Å²) in [5.74, 6) is 1.61. The van der Waals surface area contributed by atoms with Gasteiger partial charge in [0, 0.05) is 32.1 Å². The summed E-state index contributed by atoms with van der Waals surface area (Å²) in [4.78, 5) is 14.2. The van der Waals surface area contributed by atoms with E-state index in [1.165, 1.54) is 18.4 Å². The Hall–Kier alpha value is -1.50. The molecule has 1 unspecified atom stereocenters. The molecule has 27 heavy (non-hydrogen) atoms. The molecule has 1 aliphatic heterocycles. The van der Waals surface area contributed by atoms with Gasteiger partial charge in [0.15, 0.2) is 11.5 Å². The van der Waals surface area contributed by atoms with Crippen molar-refractivity contribution in [3.63, 3.8) is 0 Å². The number of amides is 1. The molecule has 0 bridgehead atoms. The molecule has 0 saturated carbocycles. The average Bonchev–Trinajstić information content (AvgIpc) is 2.66. The van der Waals surface area contributed by atoms with E-state index in [4.69, 9.17) is 15.2 Å². The standard InChI is InChI=1S/C20H33N3O3.ClH/c1-3-12-26-18-8-7-16(13-19(18)25-2)15-23-11-5-4-6-17(23)14-22-20(24)9-10-21;/h7-8,13,17H,3-6,9-12,14-15,21H2,1-2H3,(H,22,24);1H. The Kier molecular flexibility index (Phi) is 11.2. The summed E-state index contributed by atoms with van der Waals surface area (Å²) in [6, 6.07) is 6.52. The third kappa shape index (κ3) is 7.56. The molecule has 1 atom stereocenters. The van der Waals surface area contributed by atoms with Crippen LogP contribution in [0.5, 0.6) is 11.5 Å². The second-order valence-corrected chi connectivity index (χ2v) is 6.80. The summed E-state index contributed by atoms with van der Waals surface area (Å²) in [6.07, 6.45) is 4.88. The minimum Gasteiger partial charge on any atom is -0.493 e. The van der Waals surface area contributed by atoms with Gasteiger partial charge in [0.25, 0.3) is 0 Å². The Morgan fingerprint density at radius 1 is 1.33 bits per heavy atom. The fourth-order valence-corrected chi connectivity index (χ4v) is 3.33. The maximum absolute atomic E-state index is 11.7. The number of hydrogen-bond donors (Lipinski definition) is 2. The third-order valence-corrected chi connectivity index (χ3v) is 4.73. The molecule has 7 heteroatoms. The summed E-state index contributed by atoms with van der Waals surface area (Å²) in [5.41, 5.74) is 6.64. The quantitative estimate of drug-likeness (QED) is 0.632. The molecule has 0 spiro atoms. The van der Waals surface area contributed by atoms with E-state index in [2.05, 4.69) is 29.3 Å². The second-order valence-electron chi connectivity index (χ2n) is 6.80. The van der Waals surface area contributed by atoms with Crippen LogP contribution in [0.1, 0.15) is 44.6 Å². The summed E-state index contributed by atoms with van der Waals surface area (Å²) in [5, 5.41) is 3.02. The molecule has 1 saturated heterocycles. The van der Waals surface area contributed by atoms with Crippen LogP contribution in [0.15, 0.2) is 18.2 Å². The summed E-state index contributed by atoms with van der Waals surface area (Å²) >= 11 is 0. The molecule has 0 radical (unpaired) electrons. The zero-order valence-corrected chi connectivity index (χ0v) is 17.4. The summed E-state index contributed by atoms with van der Waals surface area (Å²) in [6.45, 7) is 5.76. The first-order valence-electron chi connectivity index (χ1n) is 9.68.